The molecule has 146 valence electrons. The molecular formula is C21H28N2O3S. The van der Waals surface area contributed by atoms with Crippen LogP contribution in [0, 0.1) is 13.8 Å². The fraction of sp³-hybridized carbons (Fsp3) is 0.381. The number of rotatable bonds is 7. The van der Waals surface area contributed by atoms with E-state index >= 15 is 0 Å². The lowest BCUT2D eigenvalue weighted by Gasteiger charge is -2.22. The van der Waals surface area contributed by atoms with Crippen LogP contribution in [-0.4, -0.2) is 27.4 Å². The topological polar surface area (TPSA) is 66.5 Å². The number of hydrogen-bond acceptors (Lipinski definition) is 3. The quantitative estimate of drug-likeness (QED) is 0.778. The Morgan fingerprint density at radius 1 is 1.11 bits per heavy atom. The first-order valence-electron chi connectivity index (χ1n) is 9.14. The molecule has 1 atom stereocenters. The fourth-order valence-electron chi connectivity index (χ4n) is 2.90. The second-order valence-electron chi connectivity index (χ2n) is 6.95. The van der Waals surface area contributed by atoms with Crippen molar-refractivity contribution in [3.05, 3.63) is 59.2 Å². The molecule has 0 saturated heterocycles. The lowest BCUT2D eigenvalue weighted by atomic mass is 10.1. The highest BCUT2D eigenvalue weighted by molar-refractivity contribution is 7.92. The SMILES string of the molecule is CCC[C@@H](C)NC(=O)c1ccc(C)c(N(C)S(=O)(=O)c2ccc(C)cc2)c1. The van der Waals surface area contributed by atoms with Gasteiger partial charge in [-0.15, -0.1) is 0 Å². The van der Waals surface area contributed by atoms with Crippen LogP contribution in [0.4, 0.5) is 5.69 Å². The second kappa shape index (κ2) is 8.57. The molecule has 6 heteroatoms. The van der Waals surface area contributed by atoms with Gasteiger partial charge >= 0.3 is 0 Å². The summed E-state index contributed by atoms with van der Waals surface area (Å²) in [6, 6.07) is 11.9. The summed E-state index contributed by atoms with van der Waals surface area (Å²) in [4.78, 5) is 12.7. The standard InChI is InChI=1S/C21H28N2O3S/c1-6-7-17(4)22-21(24)18-11-10-16(3)20(14-18)23(5)27(25,26)19-12-8-15(2)9-13-19/h8-14,17H,6-7H2,1-5H3,(H,22,24)/t17-/m1/s1. The number of carbonyl (C=O) groups excluding carboxylic acids is 1. The molecule has 1 N–H and O–H groups in total. The van der Waals surface area contributed by atoms with E-state index in [2.05, 4.69) is 12.2 Å². The van der Waals surface area contributed by atoms with Gasteiger partial charge in [-0.3, -0.25) is 9.10 Å². The van der Waals surface area contributed by atoms with Crippen LogP contribution in [0.5, 0.6) is 0 Å². The van der Waals surface area contributed by atoms with Crippen LogP contribution in [0.2, 0.25) is 0 Å². The highest BCUT2D eigenvalue weighted by Gasteiger charge is 2.23. The number of nitrogens with zero attached hydrogens (tertiary/aromatic N) is 1. The Balaban J connectivity index is 2.34. The number of sulfonamides is 1. The molecule has 0 aliphatic heterocycles. The van der Waals surface area contributed by atoms with Gasteiger partial charge in [0.1, 0.15) is 0 Å². The molecule has 0 heterocycles. The molecule has 0 radical (unpaired) electrons. The van der Waals surface area contributed by atoms with Crippen molar-refractivity contribution in [2.75, 3.05) is 11.4 Å². The predicted octanol–water partition coefficient (Wildman–Crippen LogP) is 4.05. The van der Waals surface area contributed by atoms with Gasteiger partial charge in [0, 0.05) is 18.7 Å². The molecule has 0 aliphatic carbocycles. The van der Waals surface area contributed by atoms with Crippen molar-refractivity contribution in [2.45, 2.75) is 51.5 Å². The van der Waals surface area contributed by atoms with Crippen LogP contribution < -0.4 is 9.62 Å². The molecular weight excluding hydrogens is 360 g/mol. The molecule has 0 saturated carbocycles. The summed E-state index contributed by atoms with van der Waals surface area (Å²) in [6.07, 6.45) is 1.88. The van der Waals surface area contributed by atoms with Crippen LogP contribution in [-0.2, 0) is 10.0 Å². The van der Waals surface area contributed by atoms with E-state index in [4.69, 9.17) is 0 Å². The molecule has 0 spiro atoms. The van der Waals surface area contributed by atoms with Crippen LogP contribution in [0.25, 0.3) is 0 Å². The van der Waals surface area contributed by atoms with Crippen LogP contribution in [0.15, 0.2) is 47.4 Å². The van der Waals surface area contributed by atoms with Crippen LogP contribution in [0.1, 0.15) is 48.2 Å². The first-order chi connectivity index (χ1) is 12.7. The van der Waals surface area contributed by atoms with E-state index in [1.165, 1.54) is 11.4 Å². The van der Waals surface area contributed by atoms with E-state index in [1.807, 2.05) is 20.8 Å². The van der Waals surface area contributed by atoms with Gasteiger partial charge in [0.25, 0.3) is 15.9 Å². The zero-order chi connectivity index (χ0) is 20.2. The Morgan fingerprint density at radius 2 is 1.74 bits per heavy atom. The Morgan fingerprint density at radius 3 is 2.33 bits per heavy atom. The van der Waals surface area contributed by atoms with Crippen molar-refractivity contribution in [1.82, 2.24) is 5.32 Å². The number of hydrogen-bond donors (Lipinski definition) is 1. The molecule has 2 rings (SSSR count). The lowest BCUT2D eigenvalue weighted by molar-refractivity contribution is 0.0938. The monoisotopic (exact) mass is 388 g/mol. The minimum Gasteiger partial charge on any atom is -0.350 e. The Hall–Kier alpha value is -2.34. The van der Waals surface area contributed by atoms with E-state index in [0.717, 1.165) is 24.0 Å². The number of nitrogens with one attached hydrogen (secondary N) is 1. The van der Waals surface area contributed by atoms with E-state index < -0.39 is 10.0 Å². The maximum Gasteiger partial charge on any atom is 0.264 e. The molecule has 27 heavy (non-hydrogen) atoms. The molecule has 0 aliphatic rings. The summed E-state index contributed by atoms with van der Waals surface area (Å²) in [6.45, 7) is 7.77. The first kappa shape index (κ1) is 21.0. The number of amides is 1. The second-order valence-corrected chi connectivity index (χ2v) is 8.92. The zero-order valence-electron chi connectivity index (χ0n) is 16.6. The summed E-state index contributed by atoms with van der Waals surface area (Å²) in [5, 5.41) is 2.95. The van der Waals surface area contributed by atoms with Crippen molar-refractivity contribution in [3.8, 4) is 0 Å². The van der Waals surface area contributed by atoms with E-state index in [9.17, 15) is 13.2 Å². The smallest absolute Gasteiger partial charge is 0.264 e. The summed E-state index contributed by atoms with van der Waals surface area (Å²) in [7, 11) is -2.19. The van der Waals surface area contributed by atoms with Gasteiger partial charge in [-0.25, -0.2) is 8.42 Å². The zero-order valence-corrected chi connectivity index (χ0v) is 17.4. The Labute approximate surface area is 162 Å². The maximum absolute atomic E-state index is 13.0. The predicted molar refractivity (Wildman–Crippen MR) is 110 cm³/mol. The van der Waals surface area contributed by atoms with Crippen molar-refractivity contribution in [2.24, 2.45) is 0 Å². The number of carbonyl (C=O) groups is 1. The largest absolute Gasteiger partial charge is 0.350 e. The summed E-state index contributed by atoms with van der Waals surface area (Å²) in [5.41, 5.74) is 2.72. The lowest BCUT2D eigenvalue weighted by Crippen LogP contribution is -2.33. The molecule has 2 aromatic rings. The average Bonchev–Trinajstić information content (AvgIpc) is 2.62. The van der Waals surface area contributed by atoms with Gasteiger partial charge < -0.3 is 5.32 Å². The van der Waals surface area contributed by atoms with E-state index in [0.29, 0.717) is 11.3 Å². The third-order valence-electron chi connectivity index (χ3n) is 4.59. The van der Waals surface area contributed by atoms with Crippen molar-refractivity contribution < 1.29 is 13.2 Å². The maximum atomic E-state index is 13.0. The molecule has 5 nitrogen and oxygen atoms in total. The molecule has 0 aromatic heterocycles. The average molecular weight is 389 g/mol. The van der Waals surface area contributed by atoms with E-state index in [1.54, 1.807) is 42.5 Å². The normalized spacial score (nSPS) is 12.5. The van der Waals surface area contributed by atoms with Crippen LogP contribution >= 0.6 is 0 Å². The van der Waals surface area contributed by atoms with E-state index in [-0.39, 0.29) is 16.8 Å². The summed E-state index contributed by atoms with van der Waals surface area (Å²) < 4.78 is 27.2. The van der Waals surface area contributed by atoms with Gasteiger partial charge in [-0.1, -0.05) is 37.1 Å². The highest BCUT2D eigenvalue weighted by atomic mass is 32.2. The number of benzene rings is 2. The van der Waals surface area contributed by atoms with Gasteiger partial charge in [0.15, 0.2) is 0 Å². The first-order valence-corrected chi connectivity index (χ1v) is 10.6. The van der Waals surface area contributed by atoms with Gasteiger partial charge in [0.05, 0.1) is 10.6 Å². The third-order valence-corrected chi connectivity index (χ3v) is 6.37. The third kappa shape index (κ3) is 4.89. The van der Waals surface area contributed by atoms with Gasteiger partial charge in [0.2, 0.25) is 0 Å². The van der Waals surface area contributed by atoms with Crippen LogP contribution in [0.3, 0.4) is 0 Å². The van der Waals surface area contributed by atoms with Gasteiger partial charge in [-0.2, -0.15) is 0 Å². The minimum absolute atomic E-state index is 0.0706. The molecule has 0 bridgehead atoms. The Bertz CT molecular complexity index is 906. The number of anilines is 1. The minimum atomic E-state index is -3.70. The summed E-state index contributed by atoms with van der Waals surface area (Å²) in [5.74, 6) is -0.196. The van der Waals surface area contributed by atoms with Crippen molar-refractivity contribution >= 4 is 21.6 Å². The molecule has 0 fully saturated rings. The molecule has 1 amide bonds. The van der Waals surface area contributed by atoms with Gasteiger partial charge in [-0.05, 0) is 57.0 Å². The number of aryl methyl sites for hydroxylation is 2. The molecule has 2 aromatic carbocycles. The van der Waals surface area contributed by atoms with Crippen molar-refractivity contribution in [3.63, 3.8) is 0 Å². The Kier molecular flexibility index (Phi) is 6.65. The molecule has 0 unspecified atom stereocenters. The fourth-order valence-corrected chi connectivity index (χ4v) is 4.15. The highest BCUT2D eigenvalue weighted by Crippen LogP contribution is 2.26. The van der Waals surface area contributed by atoms with Crippen molar-refractivity contribution in [1.29, 1.82) is 0 Å². The summed E-state index contributed by atoms with van der Waals surface area (Å²) >= 11 is 0.